The van der Waals surface area contributed by atoms with Crippen LogP contribution >= 0.6 is 11.6 Å². The van der Waals surface area contributed by atoms with E-state index in [1.807, 2.05) is 18.2 Å². The molecule has 27 heavy (non-hydrogen) atoms. The van der Waals surface area contributed by atoms with Crippen LogP contribution in [0.25, 0.3) is 0 Å². The van der Waals surface area contributed by atoms with Gasteiger partial charge in [0.25, 0.3) is 11.8 Å². The van der Waals surface area contributed by atoms with Crippen molar-refractivity contribution in [1.29, 1.82) is 0 Å². The first kappa shape index (κ1) is 19.3. The van der Waals surface area contributed by atoms with Crippen LogP contribution < -0.4 is 5.32 Å². The number of piperazine rings is 1. The molecule has 0 saturated carbocycles. The summed E-state index contributed by atoms with van der Waals surface area (Å²) in [5.74, 6) is -0.395. The summed E-state index contributed by atoms with van der Waals surface area (Å²) < 4.78 is 0. The number of likely N-dealkylation sites (N-methyl/N-ethyl adjacent to an activating group) is 1. The normalized spacial score (nSPS) is 14.8. The van der Waals surface area contributed by atoms with Crippen LogP contribution in [0.4, 0.5) is 0 Å². The zero-order chi connectivity index (χ0) is 19.2. The molecule has 2 aromatic rings. The van der Waals surface area contributed by atoms with Crippen molar-refractivity contribution in [2.45, 2.75) is 13.5 Å². The molecule has 0 spiro atoms. The molecule has 1 aromatic heterocycles. The number of nitrogens with one attached hydrogen (secondary N) is 1. The van der Waals surface area contributed by atoms with Crippen molar-refractivity contribution in [3.05, 3.63) is 64.4 Å². The van der Waals surface area contributed by atoms with Crippen molar-refractivity contribution in [3.63, 3.8) is 0 Å². The molecule has 3 rings (SSSR count). The fourth-order valence-electron chi connectivity index (χ4n) is 3.04. The van der Waals surface area contributed by atoms with Crippen LogP contribution in [0, 0.1) is 0 Å². The maximum atomic E-state index is 12.7. The maximum Gasteiger partial charge on any atom is 0.272 e. The Kier molecular flexibility index (Phi) is 6.42. The van der Waals surface area contributed by atoms with E-state index in [4.69, 9.17) is 11.6 Å². The van der Waals surface area contributed by atoms with Gasteiger partial charge in [0.05, 0.1) is 0 Å². The summed E-state index contributed by atoms with van der Waals surface area (Å²) in [6, 6.07) is 10.5. The summed E-state index contributed by atoms with van der Waals surface area (Å²) in [6.07, 6.45) is 1.50. The van der Waals surface area contributed by atoms with Gasteiger partial charge in [0.1, 0.15) is 5.69 Å². The Morgan fingerprint density at radius 2 is 1.89 bits per heavy atom. The molecule has 0 unspecified atom stereocenters. The van der Waals surface area contributed by atoms with Crippen LogP contribution in [-0.2, 0) is 6.54 Å². The quantitative estimate of drug-likeness (QED) is 0.857. The second kappa shape index (κ2) is 8.97. The lowest BCUT2D eigenvalue weighted by Gasteiger charge is -2.33. The van der Waals surface area contributed by atoms with Gasteiger partial charge in [0.15, 0.2) is 0 Å². The lowest BCUT2D eigenvalue weighted by molar-refractivity contribution is 0.0637. The van der Waals surface area contributed by atoms with Crippen LogP contribution in [-0.4, -0.2) is 59.3 Å². The molecule has 6 nitrogen and oxygen atoms in total. The molecular weight excluding hydrogens is 364 g/mol. The standard InChI is InChI=1S/C20H23ClN4O2/c1-2-24-9-11-25(12-10-24)20(27)18-13-15(7-8-22-18)19(26)23-14-16-5-3-4-6-17(16)21/h3-8,13H,2,9-12,14H2,1H3,(H,23,26). The highest BCUT2D eigenvalue weighted by atomic mass is 35.5. The van der Waals surface area contributed by atoms with Crippen LogP contribution in [0.2, 0.25) is 5.02 Å². The topological polar surface area (TPSA) is 65.5 Å². The first-order chi connectivity index (χ1) is 13.1. The first-order valence-corrected chi connectivity index (χ1v) is 9.45. The van der Waals surface area contributed by atoms with Gasteiger partial charge in [-0.3, -0.25) is 14.6 Å². The van der Waals surface area contributed by atoms with Crippen molar-refractivity contribution in [3.8, 4) is 0 Å². The molecule has 1 aliphatic heterocycles. The van der Waals surface area contributed by atoms with Gasteiger partial charge >= 0.3 is 0 Å². The molecule has 2 heterocycles. The van der Waals surface area contributed by atoms with E-state index < -0.39 is 0 Å². The smallest absolute Gasteiger partial charge is 0.272 e. The highest BCUT2D eigenvalue weighted by Crippen LogP contribution is 2.15. The molecule has 1 fully saturated rings. The molecule has 7 heteroatoms. The molecule has 2 amide bonds. The number of nitrogens with zero attached hydrogens (tertiary/aromatic N) is 3. The number of aromatic nitrogens is 1. The van der Waals surface area contributed by atoms with E-state index in [0.29, 0.717) is 35.9 Å². The van der Waals surface area contributed by atoms with Crippen molar-refractivity contribution < 1.29 is 9.59 Å². The third-order valence-corrected chi connectivity index (χ3v) is 5.11. The van der Waals surface area contributed by atoms with Gasteiger partial charge in [-0.2, -0.15) is 0 Å². The fourth-order valence-corrected chi connectivity index (χ4v) is 3.24. The minimum Gasteiger partial charge on any atom is -0.348 e. The summed E-state index contributed by atoms with van der Waals surface area (Å²) in [5.41, 5.74) is 1.55. The lowest BCUT2D eigenvalue weighted by Crippen LogP contribution is -2.48. The summed E-state index contributed by atoms with van der Waals surface area (Å²) in [6.45, 7) is 6.50. The van der Waals surface area contributed by atoms with Gasteiger partial charge in [-0.25, -0.2) is 0 Å². The average molecular weight is 387 g/mol. The van der Waals surface area contributed by atoms with E-state index in [9.17, 15) is 9.59 Å². The molecule has 1 aliphatic rings. The van der Waals surface area contributed by atoms with Gasteiger partial charge < -0.3 is 15.1 Å². The average Bonchev–Trinajstić information content (AvgIpc) is 2.72. The van der Waals surface area contributed by atoms with E-state index in [0.717, 1.165) is 25.2 Å². The van der Waals surface area contributed by atoms with Gasteiger partial charge in [0, 0.05) is 49.5 Å². The van der Waals surface area contributed by atoms with Crippen molar-refractivity contribution >= 4 is 23.4 Å². The molecular formula is C20H23ClN4O2. The monoisotopic (exact) mass is 386 g/mol. The van der Waals surface area contributed by atoms with Gasteiger partial charge in [0.2, 0.25) is 0 Å². The van der Waals surface area contributed by atoms with Crippen LogP contribution in [0.5, 0.6) is 0 Å². The lowest BCUT2D eigenvalue weighted by atomic mass is 10.1. The molecule has 0 aliphatic carbocycles. The number of rotatable bonds is 5. The number of benzene rings is 1. The van der Waals surface area contributed by atoms with E-state index in [-0.39, 0.29) is 11.8 Å². The second-order valence-corrected chi connectivity index (χ2v) is 6.84. The maximum absolute atomic E-state index is 12.7. The predicted octanol–water partition coefficient (Wildman–Crippen LogP) is 2.44. The van der Waals surface area contributed by atoms with E-state index >= 15 is 0 Å². The largest absolute Gasteiger partial charge is 0.348 e. The van der Waals surface area contributed by atoms with Gasteiger partial charge in [-0.05, 0) is 30.3 Å². The zero-order valence-electron chi connectivity index (χ0n) is 15.3. The van der Waals surface area contributed by atoms with Crippen molar-refractivity contribution in [2.75, 3.05) is 32.7 Å². The van der Waals surface area contributed by atoms with Gasteiger partial charge in [-0.15, -0.1) is 0 Å². The number of hydrogen-bond acceptors (Lipinski definition) is 4. The van der Waals surface area contributed by atoms with E-state index in [2.05, 4.69) is 22.1 Å². The summed E-state index contributed by atoms with van der Waals surface area (Å²) in [7, 11) is 0. The Morgan fingerprint density at radius 3 is 2.59 bits per heavy atom. The van der Waals surface area contributed by atoms with Crippen LogP contribution in [0.1, 0.15) is 33.3 Å². The van der Waals surface area contributed by atoms with E-state index in [1.54, 1.807) is 23.1 Å². The molecule has 0 atom stereocenters. The predicted molar refractivity (Wildman–Crippen MR) is 105 cm³/mol. The van der Waals surface area contributed by atoms with Gasteiger partial charge in [-0.1, -0.05) is 36.7 Å². The Bertz CT molecular complexity index is 819. The number of halogens is 1. The number of amides is 2. The number of carbonyl (C=O) groups is 2. The second-order valence-electron chi connectivity index (χ2n) is 6.43. The minimum absolute atomic E-state index is 0.133. The molecule has 0 radical (unpaired) electrons. The zero-order valence-corrected chi connectivity index (χ0v) is 16.1. The summed E-state index contributed by atoms with van der Waals surface area (Å²) in [5, 5.41) is 3.44. The van der Waals surface area contributed by atoms with Crippen molar-refractivity contribution in [1.82, 2.24) is 20.1 Å². The summed E-state index contributed by atoms with van der Waals surface area (Å²) in [4.78, 5) is 33.4. The Morgan fingerprint density at radius 1 is 1.15 bits per heavy atom. The van der Waals surface area contributed by atoms with Crippen LogP contribution in [0.3, 0.4) is 0 Å². The molecule has 1 saturated heterocycles. The number of hydrogen-bond donors (Lipinski definition) is 1. The molecule has 1 aromatic carbocycles. The number of pyridine rings is 1. The molecule has 142 valence electrons. The highest BCUT2D eigenvalue weighted by molar-refractivity contribution is 6.31. The third kappa shape index (κ3) is 4.84. The van der Waals surface area contributed by atoms with E-state index in [1.165, 1.54) is 6.20 Å². The third-order valence-electron chi connectivity index (χ3n) is 4.75. The highest BCUT2D eigenvalue weighted by Gasteiger charge is 2.22. The minimum atomic E-state index is -0.262. The molecule has 0 bridgehead atoms. The summed E-state index contributed by atoms with van der Waals surface area (Å²) >= 11 is 6.11. The Hall–Kier alpha value is -2.44. The first-order valence-electron chi connectivity index (χ1n) is 9.07. The number of carbonyl (C=O) groups excluding carboxylic acids is 2. The Labute approximate surface area is 164 Å². The van der Waals surface area contributed by atoms with Crippen molar-refractivity contribution in [2.24, 2.45) is 0 Å². The van der Waals surface area contributed by atoms with Crippen LogP contribution in [0.15, 0.2) is 42.6 Å². The SMILES string of the molecule is CCN1CCN(C(=O)c2cc(C(=O)NCc3ccccc3Cl)ccn2)CC1. The molecule has 1 N–H and O–H groups in total. The fraction of sp³-hybridized carbons (Fsp3) is 0.350. The Balaban J connectivity index is 1.63.